The Bertz CT molecular complexity index is 783. The fraction of sp³-hybridized carbons (Fsp3) is 0.529. The van der Waals surface area contributed by atoms with Crippen LogP contribution in [-0.2, 0) is 11.3 Å². The number of likely N-dealkylation sites (N-methyl/N-ethyl adjacent to an activating group) is 1. The number of nitrogens with zero attached hydrogens (tertiary/aromatic N) is 6. The quantitative estimate of drug-likeness (QED) is 0.789. The van der Waals surface area contributed by atoms with E-state index in [1.807, 2.05) is 6.20 Å². The van der Waals surface area contributed by atoms with Gasteiger partial charge in [0.05, 0.1) is 6.20 Å². The Labute approximate surface area is 147 Å². The van der Waals surface area contributed by atoms with E-state index in [4.69, 9.17) is 0 Å². The maximum atomic E-state index is 12.7. The van der Waals surface area contributed by atoms with Crippen molar-refractivity contribution in [1.82, 2.24) is 29.3 Å². The zero-order valence-corrected chi connectivity index (χ0v) is 15.0. The van der Waals surface area contributed by atoms with E-state index in [-0.39, 0.29) is 18.4 Å². The third-order valence-corrected chi connectivity index (χ3v) is 4.69. The Morgan fingerprint density at radius 1 is 1.24 bits per heavy atom. The molecule has 134 valence electrons. The Hall–Kier alpha value is -2.48. The van der Waals surface area contributed by atoms with E-state index in [0.717, 1.165) is 25.2 Å². The molecule has 1 aliphatic rings. The fourth-order valence-electron chi connectivity index (χ4n) is 2.95. The highest BCUT2D eigenvalue weighted by Crippen LogP contribution is 2.14. The van der Waals surface area contributed by atoms with Crippen molar-refractivity contribution in [2.45, 2.75) is 20.4 Å². The van der Waals surface area contributed by atoms with E-state index in [0.29, 0.717) is 24.3 Å². The molecule has 0 radical (unpaired) electrons. The van der Waals surface area contributed by atoms with Crippen LogP contribution in [0.4, 0.5) is 0 Å². The summed E-state index contributed by atoms with van der Waals surface area (Å²) < 4.78 is 1.64. The minimum atomic E-state index is -0.194. The maximum Gasteiger partial charge on any atom is 0.259 e. The van der Waals surface area contributed by atoms with E-state index >= 15 is 0 Å². The molecule has 0 spiro atoms. The number of fused-ring (bicyclic) bond motifs is 1. The lowest BCUT2D eigenvalue weighted by atomic mass is 10.2. The molecule has 1 aliphatic heterocycles. The van der Waals surface area contributed by atoms with Crippen molar-refractivity contribution in [3.63, 3.8) is 0 Å². The topological polar surface area (TPSA) is 74.1 Å². The number of hydrogen-bond acceptors (Lipinski definition) is 5. The van der Waals surface area contributed by atoms with E-state index in [1.165, 1.54) is 6.20 Å². The molecule has 0 saturated carbocycles. The van der Waals surface area contributed by atoms with Gasteiger partial charge in [-0.15, -0.1) is 0 Å². The van der Waals surface area contributed by atoms with Gasteiger partial charge >= 0.3 is 0 Å². The van der Waals surface area contributed by atoms with Crippen molar-refractivity contribution in [3.05, 3.63) is 29.7 Å². The predicted molar refractivity (Wildman–Crippen MR) is 93.2 cm³/mol. The van der Waals surface area contributed by atoms with Gasteiger partial charge in [0.1, 0.15) is 12.1 Å². The average molecular weight is 344 g/mol. The molecule has 1 fully saturated rings. The zero-order chi connectivity index (χ0) is 18.0. The number of aromatic nitrogens is 3. The van der Waals surface area contributed by atoms with Crippen molar-refractivity contribution >= 4 is 17.5 Å². The van der Waals surface area contributed by atoms with Gasteiger partial charge in [0, 0.05) is 44.6 Å². The van der Waals surface area contributed by atoms with Crippen LogP contribution in [-0.4, -0.2) is 80.9 Å². The SMILES string of the molecule is CCN(CC)Cc1cnc2c(C(=O)N3CCN(C)C(=O)C3)cnn2c1. The molecule has 0 N–H and O–H groups in total. The van der Waals surface area contributed by atoms with Crippen LogP contribution in [0.1, 0.15) is 29.8 Å². The van der Waals surface area contributed by atoms with Crippen molar-refractivity contribution < 1.29 is 9.59 Å². The predicted octanol–water partition coefficient (Wildman–Crippen LogP) is 0.485. The minimum Gasteiger partial charge on any atom is -0.342 e. The summed E-state index contributed by atoms with van der Waals surface area (Å²) in [4.78, 5) is 34.5. The third kappa shape index (κ3) is 3.48. The molecule has 3 heterocycles. The Morgan fingerprint density at radius 2 is 2.00 bits per heavy atom. The number of rotatable bonds is 5. The summed E-state index contributed by atoms with van der Waals surface area (Å²) in [6.45, 7) is 8.15. The standard InChI is InChI=1S/C17H24N6O2/c1-4-21(5-2)10-13-8-18-16-14(9-19-23(16)11-13)17(25)22-7-6-20(3)15(24)12-22/h8-9,11H,4-7,10,12H2,1-3H3. The van der Waals surface area contributed by atoms with Crippen molar-refractivity contribution in [2.75, 3.05) is 39.8 Å². The fourth-order valence-corrected chi connectivity index (χ4v) is 2.95. The highest BCUT2D eigenvalue weighted by atomic mass is 16.2. The molecule has 2 amide bonds. The summed E-state index contributed by atoms with van der Waals surface area (Å²) in [5, 5.41) is 4.28. The van der Waals surface area contributed by atoms with Crippen molar-refractivity contribution in [2.24, 2.45) is 0 Å². The molecular formula is C17H24N6O2. The largest absolute Gasteiger partial charge is 0.342 e. The molecule has 0 bridgehead atoms. The molecule has 8 nitrogen and oxygen atoms in total. The average Bonchev–Trinajstić information content (AvgIpc) is 3.04. The number of hydrogen-bond donors (Lipinski definition) is 0. The first-order chi connectivity index (χ1) is 12.0. The van der Waals surface area contributed by atoms with Gasteiger partial charge in [0.25, 0.3) is 5.91 Å². The lowest BCUT2D eigenvalue weighted by Gasteiger charge is -2.31. The van der Waals surface area contributed by atoms with Gasteiger partial charge in [-0.05, 0) is 13.1 Å². The molecule has 8 heteroatoms. The first kappa shape index (κ1) is 17.3. The van der Waals surface area contributed by atoms with E-state index in [2.05, 4.69) is 28.8 Å². The van der Waals surface area contributed by atoms with Crippen LogP contribution in [0.3, 0.4) is 0 Å². The highest BCUT2D eigenvalue weighted by molar-refractivity contribution is 6.01. The Balaban J connectivity index is 1.81. The van der Waals surface area contributed by atoms with Crippen LogP contribution in [0.15, 0.2) is 18.6 Å². The minimum absolute atomic E-state index is 0.0504. The highest BCUT2D eigenvalue weighted by Gasteiger charge is 2.27. The van der Waals surface area contributed by atoms with Gasteiger partial charge in [-0.25, -0.2) is 9.50 Å². The summed E-state index contributed by atoms with van der Waals surface area (Å²) in [5.74, 6) is -0.244. The second-order valence-corrected chi connectivity index (χ2v) is 6.29. The molecule has 1 saturated heterocycles. The molecular weight excluding hydrogens is 320 g/mol. The number of amides is 2. The van der Waals surface area contributed by atoms with Gasteiger partial charge in [0.2, 0.25) is 5.91 Å². The van der Waals surface area contributed by atoms with Crippen molar-refractivity contribution in [3.8, 4) is 0 Å². The summed E-state index contributed by atoms with van der Waals surface area (Å²) in [5.41, 5.74) is 2.01. The normalized spacial score (nSPS) is 15.4. The van der Waals surface area contributed by atoms with Crippen LogP contribution in [0.2, 0.25) is 0 Å². The summed E-state index contributed by atoms with van der Waals surface area (Å²) in [6.07, 6.45) is 5.24. The van der Waals surface area contributed by atoms with E-state index in [9.17, 15) is 9.59 Å². The smallest absolute Gasteiger partial charge is 0.259 e. The molecule has 25 heavy (non-hydrogen) atoms. The van der Waals surface area contributed by atoms with Crippen LogP contribution < -0.4 is 0 Å². The summed E-state index contributed by atoms with van der Waals surface area (Å²) in [7, 11) is 1.75. The van der Waals surface area contributed by atoms with E-state index in [1.54, 1.807) is 27.6 Å². The first-order valence-electron chi connectivity index (χ1n) is 8.61. The number of piperazine rings is 1. The van der Waals surface area contributed by atoms with Gasteiger partial charge in [-0.2, -0.15) is 5.10 Å². The second-order valence-electron chi connectivity index (χ2n) is 6.29. The lowest BCUT2D eigenvalue weighted by Crippen LogP contribution is -2.50. The van der Waals surface area contributed by atoms with Crippen LogP contribution in [0.5, 0.6) is 0 Å². The maximum absolute atomic E-state index is 12.7. The lowest BCUT2D eigenvalue weighted by molar-refractivity contribution is -0.133. The monoisotopic (exact) mass is 344 g/mol. The van der Waals surface area contributed by atoms with Crippen LogP contribution in [0, 0.1) is 0 Å². The van der Waals surface area contributed by atoms with Gasteiger partial charge in [-0.1, -0.05) is 13.8 Å². The third-order valence-electron chi connectivity index (χ3n) is 4.69. The van der Waals surface area contributed by atoms with Crippen LogP contribution >= 0.6 is 0 Å². The molecule has 0 unspecified atom stereocenters. The van der Waals surface area contributed by atoms with Gasteiger partial charge in [0.15, 0.2) is 5.65 Å². The zero-order valence-electron chi connectivity index (χ0n) is 15.0. The molecule has 0 aliphatic carbocycles. The number of carbonyl (C=O) groups excluding carboxylic acids is 2. The van der Waals surface area contributed by atoms with Crippen molar-refractivity contribution in [1.29, 1.82) is 0 Å². The summed E-state index contributed by atoms with van der Waals surface area (Å²) in [6, 6.07) is 0. The first-order valence-corrected chi connectivity index (χ1v) is 8.61. The number of carbonyl (C=O) groups is 2. The van der Waals surface area contributed by atoms with E-state index < -0.39 is 0 Å². The van der Waals surface area contributed by atoms with Gasteiger partial charge < -0.3 is 9.80 Å². The van der Waals surface area contributed by atoms with Crippen LogP contribution in [0.25, 0.3) is 5.65 Å². The second kappa shape index (κ2) is 7.18. The molecule has 3 rings (SSSR count). The molecule has 2 aromatic heterocycles. The molecule has 2 aromatic rings. The molecule has 0 aromatic carbocycles. The molecule has 0 atom stereocenters. The Morgan fingerprint density at radius 3 is 2.68 bits per heavy atom. The van der Waals surface area contributed by atoms with Gasteiger partial charge in [-0.3, -0.25) is 14.5 Å². The summed E-state index contributed by atoms with van der Waals surface area (Å²) >= 11 is 0. The Kier molecular flexibility index (Phi) is 4.98.